The molecule has 7 heteroatoms. The Morgan fingerprint density at radius 3 is 2.90 bits per heavy atom. The molecule has 2 rings (SSSR count). The average molecular weight is 332 g/mol. The highest BCUT2D eigenvalue weighted by molar-refractivity contribution is 6.31. The van der Waals surface area contributed by atoms with E-state index in [1.165, 1.54) is 12.1 Å². The second kappa shape index (κ2) is 7.09. The monoisotopic (exact) mass is 331 g/mol. The molecule has 1 aromatic heterocycles. The van der Waals surface area contributed by atoms with Crippen LogP contribution in [0.2, 0.25) is 5.02 Å². The fourth-order valence-electron chi connectivity index (χ4n) is 2.09. The van der Waals surface area contributed by atoms with Crippen LogP contribution in [-0.2, 0) is 17.8 Å². The molecule has 2 aromatic rings. The summed E-state index contributed by atoms with van der Waals surface area (Å²) in [6.45, 7) is 2.71. The number of aromatic nitrogens is 2. The quantitative estimate of drug-likeness (QED) is 0.826. The van der Waals surface area contributed by atoms with Gasteiger partial charge in [-0.05, 0) is 12.5 Å². The lowest BCUT2D eigenvalue weighted by Crippen LogP contribution is -2.28. The van der Waals surface area contributed by atoms with Crippen molar-refractivity contribution in [2.75, 3.05) is 12.4 Å². The summed E-state index contributed by atoms with van der Waals surface area (Å²) in [5, 5.41) is 2.81. The van der Waals surface area contributed by atoms with Gasteiger partial charge in [0.15, 0.2) is 0 Å². The highest BCUT2D eigenvalue weighted by atomic mass is 35.5. The van der Waals surface area contributed by atoms with Gasteiger partial charge in [-0.15, -0.1) is 11.6 Å². The number of benzene rings is 1. The van der Waals surface area contributed by atoms with Crippen molar-refractivity contribution in [3.05, 3.63) is 28.8 Å². The summed E-state index contributed by atoms with van der Waals surface area (Å²) in [7, 11) is 0. The number of hydrogen-bond donors (Lipinski definition) is 1. The van der Waals surface area contributed by atoms with Gasteiger partial charge in [0.2, 0.25) is 5.91 Å². The maximum absolute atomic E-state index is 13.5. The minimum atomic E-state index is -0.526. The minimum Gasteiger partial charge on any atom is -0.355 e. The van der Waals surface area contributed by atoms with Gasteiger partial charge in [0.05, 0.1) is 16.1 Å². The summed E-state index contributed by atoms with van der Waals surface area (Å²) in [5.74, 6) is 0.373. The van der Waals surface area contributed by atoms with E-state index in [4.69, 9.17) is 23.2 Å². The van der Waals surface area contributed by atoms with Crippen LogP contribution in [0.15, 0.2) is 12.1 Å². The number of carbonyl (C=O) groups excluding carboxylic acids is 1. The van der Waals surface area contributed by atoms with E-state index in [0.717, 1.165) is 6.42 Å². The summed E-state index contributed by atoms with van der Waals surface area (Å²) >= 11 is 11.6. The Labute approximate surface area is 132 Å². The van der Waals surface area contributed by atoms with E-state index in [-0.39, 0.29) is 17.5 Å². The van der Waals surface area contributed by atoms with Gasteiger partial charge in [0.1, 0.15) is 18.2 Å². The predicted molar refractivity (Wildman–Crippen MR) is 82.4 cm³/mol. The molecule has 1 N–H and O–H groups in total. The lowest BCUT2D eigenvalue weighted by molar-refractivity contribution is -0.121. The molecule has 1 amide bonds. The lowest BCUT2D eigenvalue weighted by atomic mass is 10.3. The first-order valence-electron chi connectivity index (χ1n) is 6.73. The molecular weight excluding hydrogens is 316 g/mol. The second-order valence-electron chi connectivity index (χ2n) is 4.66. The first-order chi connectivity index (χ1) is 10.1. The molecule has 114 valence electrons. The van der Waals surface area contributed by atoms with Gasteiger partial charge < -0.3 is 9.88 Å². The molecule has 0 aliphatic heterocycles. The van der Waals surface area contributed by atoms with E-state index in [1.54, 1.807) is 4.57 Å². The standard InChI is InChI=1S/C14H16Cl2FN3O/c1-2-5-18-14(21)8-20-12-6-9(16)10(17)7-11(12)19-13(20)3-4-15/h6-7H,2-5,8H2,1H3,(H,18,21). The smallest absolute Gasteiger partial charge is 0.240 e. The van der Waals surface area contributed by atoms with Crippen LogP contribution < -0.4 is 5.32 Å². The van der Waals surface area contributed by atoms with E-state index >= 15 is 0 Å². The van der Waals surface area contributed by atoms with Crippen LogP contribution in [-0.4, -0.2) is 27.9 Å². The molecule has 0 aliphatic carbocycles. The van der Waals surface area contributed by atoms with E-state index in [0.29, 0.717) is 35.7 Å². The molecule has 0 saturated heterocycles. The van der Waals surface area contributed by atoms with Crippen molar-refractivity contribution >= 4 is 40.1 Å². The summed E-state index contributed by atoms with van der Waals surface area (Å²) in [5.41, 5.74) is 1.11. The van der Waals surface area contributed by atoms with E-state index in [9.17, 15) is 9.18 Å². The summed E-state index contributed by atoms with van der Waals surface area (Å²) < 4.78 is 15.2. The van der Waals surface area contributed by atoms with Crippen molar-refractivity contribution in [3.8, 4) is 0 Å². The normalized spacial score (nSPS) is 11.0. The highest BCUT2D eigenvalue weighted by Crippen LogP contribution is 2.24. The number of nitrogens with one attached hydrogen (secondary N) is 1. The zero-order chi connectivity index (χ0) is 15.4. The fourth-order valence-corrected chi connectivity index (χ4v) is 2.41. The fraction of sp³-hybridized carbons (Fsp3) is 0.429. The Bertz CT molecular complexity index is 657. The van der Waals surface area contributed by atoms with Crippen LogP contribution in [0.5, 0.6) is 0 Å². The number of alkyl halides is 1. The van der Waals surface area contributed by atoms with Crippen molar-refractivity contribution in [1.82, 2.24) is 14.9 Å². The van der Waals surface area contributed by atoms with Crippen LogP contribution in [0.4, 0.5) is 4.39 Å². The third kappa shape index (κ3) is 3.66. The van der Waals surface area contributed by atoms with Crippen LogP contribution in [0.3, 0.4) is 0 Å². The Balaban J connectivity index is 2.40. The first-order valence-corrected chi connectivity index (χ1v) is 7.64. The molecule has 0 radical (unpaired) electrons. The summed E-state index contributed by atoms with van der Waals surface area (Å²) in [6, 6.07) is 2.76. The van der Waals surface area contributed by atoms with Crippen molar-refractivity contribution in [2.24, 2.45) is 0 Å². The molecule has 0 aliphatic rings. The third-order valence-corrected chi connectivity index (χ3v) is 3.54. The number of halogens is 3. The summed E-state index contributed by atoms with van der Waals surface area (Å²) in [6.07, 6.45) is 1.36. The van der Waals surface area contributed by atoms with Gasteiger partial charge in [-0.2, -0.15) is 0 Å². The molecular formula is C14H16Cl2FN3O. The molecule has 1 aromatic carbocycles. The van der Waals surface area contributed by atoms with Crippen LogP contribution >= 0.6 is 23.2 Å². The Morgan fingerprint density at radius 2 is 2.24 bits per heavy atom. The highest BCUT2D eigenvalue weighted by Gasteiger charge is 2.15. The second-order valence-corrected chi connectivity index (χ2v) is 5.44. The van der Waals surface area contributed by atoms with E-state index in [1.807, 2.05) is 6.92 Å². The number of amides is 1. The number of imidazole rings is 1. The molecule has 0 unspecified atom stereocenters. The van der Waals surface area contributed by atoms with E-state index < -0.39 is 5.82 Å². The zero-order valence-electron chi connectivity index (χ0n) is 11.6. The van der Waals surface area contributed by atoms with Crippen LogP contribution in [0, 0.1) is 5.82 Å². The molecule has 4 nitrogen and oxygen atoms in total. The number of aryl methyl sites for hydroxylation is 1. The number of rotatable bonds is 6. The maximum Gasteiger partial charge on any atom is 0.240 e. The Hall–Kier alpha value is -1.33. The third-order valence-electron chi connectivity index (χ3n) is 3.06. The van der Waals surface area contributed by atoms with Gasteiger partial charge in [0.25, 0.3) is 0 Å². The van der Waals surface area contributed by atoms with Crippen molar-refractivity contribution in [2.45, 2.75) is 26.3 Å². The van der Waals surface area contributed by atoms with Gasteiger partial charge in [-0.3, -0.25) is 4.79 Å². The van der Waals surface area contributed by atoms with Crippen molar-refractivity contribution < 1.29 is 9.18 Å². The number of carbonyl (C=O) groups is 1. The number of nitrogens with zero attached hydrogens (tertiary/aromatic N) is 2. The van der Waals surface area contributed by atoms with Gasteiger partial charge >= 0.3 is 0 Å². The molecule has 0 fully saturated rings. The zero-order valence-corrected chi connectivity index (χ0v) is 13.1. The van der Waals surface area contributed by atoms with Crippen LogP contribution in [0.1, 0.15) is 19.2 Å². The SMILES string of the molecule is CCCNC(=O)Cn1c(CCCl)nc2cc(F)c(Cl)cc21. The number of hydrogen-bond acceptors (Lipinski definition) is 2. The Kier molecular flexibility index (Phi) is 5.42. The molecule has 0 atom stereocenters. The largest absolute Gasteiger partial charge is 0.355 e. The van der Waals surface area contributed by atoms with E-state index in [2.05, 4.69) is 10.3 Å². The lowest BCUT2D eigenvalue weighted by Gasteiger charge is -2.09. The molecule has 21 heavy (non-hydrogen) atoms. The predicted octanol–water partition coefficient (Wildman–Crippen LogP) is 3.14. The first kappa shape index (κ1) is 16.0. The van der Waals surface area contributed by atoms with Crippen molar-refractivity contribution in [3.63, 3.8) is 0 Å². The molecule has 1 heterocycles. The van der Waals surface area contributed by atoms with Gasteiger partial charge in [0, 0.05) is 24.9 Å². The number of fused-ring (bicyclic) bond motifs is 1. The molecule has 0 spiro atoms. The van der Waals surface area contributed by atoms with Gasteiger partial charge in [-0.1, -0.05) is 18.5 Å². The van der Waals surface area contributed by atoms with Crippen molar-refractivity contribution in [1.29, 1.82) is 0 Å². The summed E-state index contributed by atoms with van der Waals surface area (Å²) in [4.78, 5) is 16.3. The topological polar surface area (TPSA) is 46.9 Å². The molecule has 0 bridgehead atoms. The Morgan fingerprint density at radius 1 is 1.48 bits per heavy atom. The minimum absolute atomic E-state index is 0.00930. The average Bonchev–Trinajstić information content (AvgIpc) is 2.75. The molecule has 0 saturated carbocycles. The van der Waals surface area contributed by atoms with Gasteiger partial charge in [-0.25, -0.2) is 9.37 Å². The maximum atomic E-state index is 13.5. The van der Waals surface area contributed by atoms with Crippen LogP contribution in [0.25, 0.3) is 11.0 Å².